The Morgan fingerprint density at radius 1 is 1.24 bits per heavy atom. The van der Waals surface area contributed by atoms with Gasteiger partial charge in [-0.05, 0) is 30.6 Å². The molecule has 2 aliphatic rings. The maximum absolute atomic E-state index is 6.08. The Hall–Kier alpha value is 0.210. The van der Waals surface area contributed by atoms with E-state index in [1.807, 2.05) is 0 Å². The van der Waals surface area contributed by atoms with Gasteiger partial charge in [-0.2, -0.15) is 0 Å². The summed E-state index contributed by atoms with van der Waals surface area (Å²) in [7, 11) is 0. The van der Waals surface area contributed by atoms with Crippen LogP contribution in [0.15, 0.2) is 0 Å². The predicted octanol–water partition coefficient (Wildman–Crippen LogP) is 3.96. The van der Waals surface area contributed by atoms with Crippen LogP contribution in [0, 0.1) is 11.3 Å². The van der Waals surface area contributed by atoms with E-state index in [1.165, 1.54) is 12.8 Å². The van der Waals surface area contributed by atoms with Crippen LogP contribution in [0.5, 0.6) is 0 Å². The van der Waals surface area contributed by atoms with E-state index in [9.17, 15) is 0 Å². The maximum Gasteiger partial charge on any atom is 0.168 e. The predicted molar refractivity (Wildman–Crippen MR) is 70.3 cm³/mol. The van der Waals surface area contributed by atoms with Crippen molar-refractivity contribution in [3.05, 3.63) is 0 Å². The Bertz CT molecular complexity index is 251. The summed E-state index contributed by atoms with van der Waals surface area (Å²) in [5, 5.41) is 0. The van der Waals surface area contributed by atoms with Crippen molar-refractivity contribution in [3.8, 4) is 0 Å². The monoisotopic (exact) mass is 260 g/mol. The van der Waals surface area contributed by atoms with Gasteiger partial charge in [0.25, 0.3) is 0 Å². The molecule has 1 spiro atoms. The molecule has 0 N–H and O–H groups in total. The molecule has 0 radical (unpaired) electrons. The fraction of sp³-hybridized carbons (Fsp3) is 1.00. The SMILES string of the molecule is CC(C)(C)C1CCC2(CC1)OCC(CCCl)O2. The molecule has 0 aromatic rings. The normalized spacial score (nSPS) is 38.8. The fourth-order valence-electron chi connectivity index (χ4n) is 3.07. The molecular weight excluding hydrogens is 236 g/mol. The second-order valence-electron chi connectivity index (χ2n) is 6.58. The largest absolute Gasteiger partial charge is 0.347 e. The molecule has 0 amide bonds. The Morgan fingerprint density at radius 3 is 2.41 bits per heavy atom. The maximum atomic E-state index is 6.08. The lowest BCUT2D eigenvalue weighted by Crippen LogP contribution is -2.38. The average Bonchev–Trinajstić information content (AvgIpc) is 2.61. The van der Waals surface area contributed by atoms with Gasteiger partial charge in [-0.1, -0.05) is 20.8 Å². The Balaban J connectivity index is 1.87. The van der Waals surface area contributed by atoms with E-state index in [0.29, 0.717) is 11.3 Å². The van der Waals surface area contributed by atoms with Crippen molar-refractivity contribution in [2.24, 2.45) is 11.3 Å². The van der Waals surface area contributed by atoms with E-state index in [-0.39, 0.29) is 11.9 Å². The topological polar surface area (TPSA) is 18.5 Å². The summed E-state index contributed by atoms with van der Waals surface area (Å²) in [5.74, 6) is 1.19. The lowest BCUT2D eigenvalue weighted by atomic mass is 9.71. The first kappa shape index (κ1) is 13.6. The summed E-state index contributed by atoms with van der Waals surface area (Å²) in [4.78, 5) is 0. The van der Waals surface area contributed by atoms with Crippen molar-refractivity contribution >= 4 is 11.6 Å². The number of rotatable bonds is 2. The van der Waals surface area contributed by atoms with Gasteiger partial charge in [-0.3, -0.25) is 0 Å². The van der Waals surface area contributed by atoms with Crippen LogP contribution < -0.4 is 0 Å². The first-order chi connectivity index (χ1) is 7.95. The van der Waals surface area contributed by atoms with Crippen molar-refractivity contribution in [3.63, 3.8) is 0 Å². The number of alkyl halides is 1. The molecule has 1 atom stereocenters. The van der Waals surface area contributed by atoms with Gasteiger partial charge in [0.1, 0.15) is 0 Å². The highest BCUT2D eigenvalue weighted by atomic mass is 35.5. The molecule has 1 aliphatic carbocycles. The third-order valence-corrected chi connectivity index (χ3v) is 4.54. The molecule has 1 saturated carbocycles. The van der Waals surface area contributed by atoms with Gasteiger partial charge in [0, 0.05) is 18.7 Å². The van der Waals surface area contributed by atoms with Crippen molar-refractivity contribution in [1.82, 2.24) is 0 Å². The summed E-state index contributed by atoms with van der Waals surface area (Å²) in [6.07, 6.45) is 5.67. The standard InChI is InChI=1S/C14H25ClO2/c1-13(2,3)11-4-7-14(8-5-11)16-10-12(17-14)6-9-15/h11-12H,4-10H2,1-3H3. The first-order valence-corrected chi connectivity index (χ1v) is 7.36. The summed E-state index contributed by atoms with van der Waals surface area (Å²) in [5.41, 5.74) is 0.412. The molecule has 2 rings (SSSR count). The van der Waals surface area contributed by atoms with E-state index < -0.39 is 0 Å². The molecule has 0 aromatic carbocycles. The summed E-state index contributed by atoms with van der Waals surface area (Å²) in [6.45, 7) is 7.74. The van der Waals surface area contributed by atoms with Crippen LogP contribution in [0.25, 0.3) is 0 Å². The van der Waals surface area contributed by atoms with Crippen LogP contribution in [0.3, 0.4) is 0 Å². The van der Waals surface area contributed by atoms with Gasteiger partial charge in [0.05, 0.1) is 12.7 Å². The van der Waals surface area contributed by atoms with Crippen LogP contribution >= 0.6 is 11.6 Å². The molecule has 1 saturated heterocycles. The van der Waals surface area contributed by atoms with E-state index >= 15 is 0 Å². The Labute approximate surface area is 110 Å². The second kappa shape index (κ2) is 5.07. The summed E-state index contributed by atoms with van der Waals surface area (Å²) < 4.78 is 12.0. The van der Waals surface area contributed by atoms with E-state index in [0.717, 1.165) is 31.8 Å². The van der Waals surface area contributed by atoms with Crippen molar-refractivity contribution in [2.75, 3.05) is 12.5 Å². The molecular formula is C14H25ClO2. The third kappa shape index (κ3) is 3.15. The minimum Gasteiger partial charge on any atom is -0.347 e. The molecule has 100 valence electrons. The molecule has 2 nitrogen and oxygen atoms in total. The minimum atomic E-state index is -0.265. The molecule has 17 heavy (non-hydrogen) atoms. The zero-order valence-corrected chi connectivity index (χ0v) is 12.1. The van der Waals surface area contributed by atoms with Gasteiger partial charge in [0.2, 0.25) is 0 Å². The molecule has 1 aliphatic heterocycles. The smallest absolute Gasteiger partial charge is 0.168 e. The van der Waals surface area contributed by atoms with Crippen LogP contribution in [-0.4, -0.2) is 24.4 Å². The minimum absolute atomic E-state index is 0.221. The highest BCUT2D eigenvalue weighted by molar-refractivity contribution is 6.17. The van der Waals surface area contributed by atoms with Crippen molar-refractivity contribution in [2.45, 2.75) is 64.8 Å². The van der Waals surface area contributed by atoms with Gasteiger partial charge >= 0.3 is 0 Å². The highest BCUT2D eigenvalue weighted by Gasteiger charge is 2.45. The second-order valence-corrected chi connectivity index (χ2v) is 6.96. The van der Waals surface area contributed by atoms with E-state index in [4.69, 9.17) is 21.1 Å². The lowest BCUT2D eigenvalue weighted by molar-refractivity contribution is -0.196. The number of hydrogen-bond donors (Lipinski definition) is 0. The molecule has 0 bridgehead atoms. The van der Waals surface area contributed by atoms with Crippen LogP contribution in [0.2, 0.25) is 0 Å². The average molecular weight is 261 g/mol. The molecule has 2 fully saturated rings. The highest BCUT2D eigenvalue weighted by Crippen LogP contribution is 2.45. The van der Waals surface area contributed by atoms with Gasteiger partial charge in [-0.25, -0.2) is 0 Å². The summed E-state index contributed by atoms with van der Waals surface area (Å²) in [6, 6.07) is 0. The van der Waals surface area contributed by atoms with Crippen LogP contribution in [0.4, 0.5) is 0 Å². The Kier molecular flexibility index (Phi) is 4.06. The van der Waals surface area contributed by atoms with E-state index in [2.05, 4.69) is 20.8 Å². The first-order valence-electron chi connectivity index (χ1n) is 6.83. The Morgan fingerprint density at radius 2 is 1.88 bits per heavy atom. The molecule has 0 aromatic heterocycles. The third-order valence-electron chi connectivity index (χ3n) is 4.32. The number of halogens is 1. The van der Waals surface area contributed by atoms with E-state index in [1.54, 1.807) is 0 Å². The zero-order valence-electron chi connectivity index (χ0n) is 11.3. The van der Waals surface area contributed by atoms with Gasteiger partial charge in [0.15, 0.2) is 5.79 Å². The number of ether oxygens (including phenoxy) is 2. The molecule has 3 heteroatoms. The van der Waals surface area contributed by atoms with Gasteiger partial charge in [-0.15, -0.1) is 11.6 Å². The lowest BCUT2D eigenvalue weighted by Gasteiger charge is -2.41. The van der Waals surface area contributed by atoms with Crippen LogP contribution in [-0.2, 0) is 9.47 Å². The molecule has 1 heterocycles. The van der Waals surface area contributed by atoms with Crippen molar-refractivity contribution < 1.29 is 9.47 Å². The fourth-order valence-corrected chi connectivity index (χ4v) is 3.31. The van der Waals surface area contributed by atoms with Gasteiger partial charge < -0.3 is 9.47 Å². The number of hydrogen-bond acceptors (Lipinski definition) is 2. The summed E-state index contributed by atoms with van der Waals surface area (Å²) >= 11 is 5.76. The zero-order chi connectivity index (χ0) is 12.5. The molecule has 1 unspecified atom stereocenters. The quantitative estimate of drug-likeness (QED) is 0.700. The van der Waals surface area contributed by atoms with Crippen LogP contribution in [0.1, 0.15) is 52.9 Å². The van der Waals surface area contributed by atoms with Crippen molar-refractivity contribution in [1.29, 1.82) is 0 Å².